The SMILES string of the molecule is C[C@H](NC(=O)C(C)(F)F)[C@H](Oc1ccc2c(cnn2-c2cccc(C(=O)N[C@H]3CCC[C@@H]3O)c2)c1)c1ccc2c(c1)OCOC2. The number of nitrogens with one attached hydrogen (secondary N) is 2. The molecule has 0 spiro atoms. The lowest BCUT2D eigenvalue weighted by molar-refractivity contribution is -0.144. The number of aliphatic hydroxyl groups excluding tert-OH is 1. The van der Waals surface area contributed by atoms with Gasteiger partial charge in [0.2, 0.25) is 0 Å². The van der Waals surface area contributed by atoms with Crippen LogP contribution in [0.5, 0.6) is 11.5 Å². The number of carbonyl (C=O) groups is 2. The van der Waals surface area contributed by atoms with E-state index in [1.54, 1.807) is 60.3 Å². The van der Waals surface area contributed by atoms with Gasteiger partial charge in [0.25, 0.3) is 11.8 Å². The third-order valence-electron chi connectivity index (χ3n) is 8.14. The molecule has 1 aliphatic heterocycles. The lowest BCUT2D eigenvalue weighted by Crippen LogP contribution is -2.46. The molecule has 0 radical (unpaired) electrons. The quantitative estimate of drug-likeness (QED) is 0.245. The van der Waals surface area contributed by atoms with Gasteiger partial charge in [0.05, 0.1) is 42.2 Å². The Kier molecular flexibility index (Phi) is 8.43. The summed E-state index contributed by atoms with van der Waals surface area (Å²) in [4.78, 5) is 25.1. The fourth-order valence-corrected chi connectivity index (χ4v) is 5.70. The second kappa shape index (κ2) is 12.4. The van der Waals surface area contributed by atoms with Gasteiger partial charge in [-0.2, -0.15) is 13.9 Å². The number of alkyl halides is 2. The summed E-state index contributed by atoms with van der Waals surface area (Å²) >= 11 is 0. The smallest absolute Gasteiger partial charge is 0.321 e. The number of hydrogen-bond donors (Lipinski definition) is 3. The standard InChI is InChI=1S/C33H34F2N4O6/c1-19(37-32(42)33(2,34)35)30(20-9-10-22-17-43-18-44-29(22)15-20)45-25-11-12-27-23(14-25)16-36-39(27)24-6-3-5-21(13-24)31(41)38-26-7-4-8-28(26)40/h3,5-6,9-16,19,26,28,30,40H,4,7-8,17-18H2,1-2H3,(H,37,42)(H,38,41)/t19-,26-,28-,30-/m0/s1. The van der Waals surface area contributed by atoms with E-state index in [1.807, 2.05) is 18.2 Å². The van der Waals surface area contributed by atoms with Crippen molar-refractivity contribution in [1.29, 1.82) is 0 Å². The van der Waals surface area contributed by atoms with Crippen LogP contribution < -0.4 is 20.1 Å². The molecular formula is C33H34F2N4O6. The first-order valence-corrected chi connectivity index (χ1v) is 14.8. The van der Waals surface area contributed by atoms with Crippen molar-refractivity contribution in [2.75, 3.05) is 6.79 Å². The molecule has 4 aromatic rings. The summed E-state index contributed by atoms with van der Waals surface area (Å²) in [6, 6.07) is 16.7. The minimum absolute atomic E-state index is 0.0915. The van der Waals surface area contributed by atoms with Crippen LogP contribution in [0.2, 0.25) is 0 Å². The molecule has 2 amide bonds. The molecule has 3 aromatic carbocycles. The average Bonchev–Trinajstić information content (AvgIpc) is 3.64. The summed E-state index contributed by atoms with van der Waals surface area (Å²) < 4.78 is 46.5. The number of fused-ring (bicyclic) bond motifs is 2. The molecule has 236 valence electrons. The number of benzene rings is 3. The number of amides is 2. The zero-order valence-electron chi connectivity index (χ0n) is 24.8. The lowest BCUT2D eigenvalue weighted by Gasteiger charge is -2.28. The van der Waals surface area contributed by atoms with Crippen LogP contribution in [0.3, 0.4) is 0 Å². The molecule has 3 N–H and O–H groups in total. The molecule has 4 atom stereocenters. The van der Waals surface area contributed by atoms with Gasteiger partial charge in [-0.25, -0.2) is 4.68 Å². The van der Waals surface area contributed by atoms with E-state index >= 15 is 0 Å². The van der Waals surface area contributed by atoms with Crippen LogP contribution in [-0.2, 0) is 16.1 Å². The van der Waals surface area contributed by atoms with Gasteiger partial charge >= 0.3 is 5.92 Å². The third kappa shape index (κ3) is 6.62. The molecule has 0 saturated heterocycles. The normalized spacial score (nSPS) is 19.3. The molecule has 0 unspecified atom stereocenters. The van der Waals surface area contributed by atoms with Crippen molar-refractivity contribution in [2.24, 2.45) is 0 Å². The van der Waals surface area contributed by atoms with E-state index in [-0.39, 0.29) is 18.7 Å². The molecule has 0 bridgehead atoms. The van der Waals surface area contributed by atoms with Gasteiger partial charge in [-0.3, -0.25) is 9.59 Å². The van der Waals surface area contributed by atoms with E-state index < -0.39 is 30.1 Å². The van der Waals surface area contributed by atoms with Crippen molar-refractivity contribution in [3.05, 3.63) is 83.6 Å². The van der Waals surface area contributed by atoms with Crippen LogP contribution in [-0.4, -0.2) is 57.6 Å². The van der Waals surface area contributed by atoms with E-state index in [9.17, 15) is 23.5 Å². The van der Waals surface area contributed by atoms with Crippen molar-refractivity contribution < 1.29 is 37.7 Å². The Morgan fingerprint density at radius 2 is 1.98 bits per heavy atom. The Morgan fingerprint density at radius 3 is 2.76 bits per heavy atom. The molecule has 12 heteroatoms. The zero-order chi connectivity index (χ0) is 31.7. The topological polar surface area (TPSA) is 124 Å². The molecule has 45 heavy (non-hydrogen) atoms. The Labute approximate surface area is 258 Å². The van der Waals surface area contributed by atoms with Crippen molar-refractivity contribution in [1.82, 2.24) is 20.4 Å². The number of nitrogens with zero attached hydrogens (tertiary/aromatic N) is 2. The molecule has 1 aliphatic carbocycles. The maximum atomic E-state index is 13.8. The van der Waals surface area contributed by atoms with Gasteiger partial charge in [-0.05, 0) is 74.2 Å². The van der Waals surface area contributed by atoms with Gasteiger partial charge in [-0.15, -0.1) is 0 Å². The summed E-state index contributed by atoms with van der Waals surface area (Å²) in [6.07, 6.45) is 2.58. The molecule has 10 nitrogen and oxygen atoms in total. The minimum atomic E-state index is -3.56. The Hall–Kier alpha value is -4.55. The maximum absolute atomic E-state index is 13.8. The van der Waals surface area contributed by atoms with Crippen LogP contribution in [0.15, 0.2) is 66.9 Å². The second-order valence-corrected chi connectivity index (χ2v) is 11.6. The second-order valence-electron chi connectivity index (χ2n) is 11.6. The average molecular weight is 621 g/mol. The maximum Gasteiger partial charge on any atom is 0.321 e. The summed E-state index contributed by atoms with van der Waals surface area (Å²) in [5, 5.41) is 20.7. The fourth-order valence-electron chi connectivity index (χ4n) is 5.70. The van der Waals surface area contributed by atoms with Crippen LogP contribution in [0, 0.1) is 0 Å². The highest BCUT2D eigenvalue weighted by molar-refractivity contribution is 5.95. The molecule has 1 saturated carbocycles. The highest BCUT2D eigenvalue weighted by atomic mass is 19.3. The Morgan fingerprint density at radius 1 is 1.13 bits per heavy atom. The summed E-state index contributed by atoms with van der Waals surface area (Å²) in [7, 11) is 0. The molecule has 2 aliphatic rings. The number of carbonyl (C=O) groups excluding carboxylic acids is 2. The largest absolute Gasteiger partial charge is 0.484 e. The summed E-state index contributed by atoms with van der Waals surface area (Å²) in [5.74, 6) is -4.19. The third-order valence-corrected chi connectivity index (χ3v) is 8.14. The van der Waals surface area contributed by atoms with Crippen LogP contribution >= 0.6 is 0 Å². The van der Waals surface area contributed by atoms with Crippen molar-refractivity contribution in [2.45, 2.75) is 69.9 Å². The first-order valence-electron chi connectivity index (χ1n) is 14.8. The van der Waals surface area contributed by atoms with Crippen molar-refractivity contribution in [3.63, 3.8) is 0 Å². The van der Waals surface area contributed by atoms with E-state index in [4.69, 9.17) is 14.2 Å². The molecule has 1 fully saturated rings. The van der Waals surface area contributed by atoms with Gasteiger partial charge in [0.15, 0.2) is 6.79 Å². The molecule has 1 aromatic heterocycles. The number of hydrogen-bond acceptors (Lipinski definition) is 7. The molecule has 6 rings (SSSR count). The van der Waals surface area contributed by atoms with Gasteiger partial charge in [0.1, 0.15) is 17.6 Å². The number of ether oxygens (including phenoxy) is 3. The predicted octanol–water partition coefficient (Wildman–Crippen LogP) is 4.82. The Bertz CT molecular complexity index is 1720. The van der Waals surface area contributed by atoms with E-state index in [0.29, 0.717) is 48.3 Å². The molecular weight excluding hydrogens is 586 g/mol. The van der Waals surface area contributed by atoms with E-state index in [1.165, 1.54) is 0 Å². The zero-order valence-corrected chi connectivity index (χ0v) is 24.8. The van der Waals surface area contributed by atoms with Crippen LogP contribution in [0.1, 0.15) is 60.7 Å². The highest BCUT2D eigenvalue weighted by Gasteiger charge is 2.35. The highest BCUT2D eigenvalue weighted by Crippen LogP contribution is 2.33. The first-order chi connectivity index (χ1) is 21.6. The summed E-state index contributed by atoms with van der Waals surface area (Å²) in [6.45, 7) is 2.62. The van der Waals surface area contributed by atoms with E-state index in [2.05, 4.69) is 15.7 Å². The fraction of sp³-hybridized carbons (Fsp3) is 0.364. The number of rotatable bonds is 9. The Balaban J connectivity index is 1.26. The minimum Gasteiger partial charge on any atom is -0.484 e. The first kappa shape index (κ1) is 30.5. The number of halogens is 2. The van der Waals surface area contributed by atoms with Crippen molar-refractivity contribution in [3.8, 4) is 17.2 Å². The molecule has 2 heterocycles. The van der Waals surface area contributed by atoms with Gasteiger partial charge < -0.3 is 30.0 Å². The van der Waals surface area contributed by atoms with Crippen LogP contribution in [0.25, 0.3) is 16.6 Å². The lowest BCUT2D eigenvalue weighted by atomic mass is 10.00. The number of aliphatic hydroxyl groups is 1. The predicted molar refractivity (Wildman–Crippen MR) is 161 cm³/mol. The van der Waals surface area contributed by atoms with Gasteiger partial charge in [0, 0.05) is 23.4 Å². The van der Waals surface area contributed by atoms with Gasteiger partial charge in [-0.1, -0.05) is 18.2 Å². The number of aromatic nitrogens is 2. The van der Waals surface area contributed by atoms with Crippen molar-refractivity contribution >= 4 is 22.7 Å². The van der Waals surface area contributed by atoms with Crippen LogP contribution in [0.4, 0.5) is 8.78 Å². The van der Waals surface area contributed by atoms with E-state index in [0.717, 1.165) is 29.3 Å². The summed E-state index contributed by atoms with van der Waals surface area (Å²) in [5.41, 5.74) is 3.33. The monoisotopic (exact) mass is 620 g/mol.